The van der Waals surface area contributed by atoms with Gasteiger partial charge in [-0.25, -0.2) is 0 Å². The van der Waals surface area contributed by atoms with Crippen molar-refractivity contribution in [1.29, 1.82) is 0 Å². The minimum atomic E-state index is -5.73. The molecule has 0 aliphatic carbocycles. The van der Waals surface area contributed by atoms with Gasteiger partial charge in [-0.3, -0.25) is 4.57 Å². The molecule has 104 valence electrons. The molecule has 0 saturated heterocycles. The fraction of sp³-hybridized carbons (Fsp3) is 1.00. The molecule has 0 heterocycles. The van der Waals surface area contributed by atoms with Crippen LogP contribution in [0.3, 0.4) is 0 Å². The van der Waals surface area contributed by atoms with E-state index >= 15 is 0 Å². The predicted octanol–water partition coefficient (Wildman–Crippen LogP) is -5.18. The molecule has 0 amide bonds. The third kappa shape index (κ3) is 4.94. The molecule has 18 heavy (non-hydrogen) atoms. The molecule has 0 saturated carbocycles. The molecule has 0 fully saturated rings. The van der Waals surface area contributed by atoms with Gasteiger partial charge in [0.15, 0.2) is 7.60 Å². The van der Waals surface area contributed by atoms with Crippen LogP contribution in [0.2, 0.25) is 0 Å². The molecule has 0 radical (unpaired) electrons. The molecule has 9 nitrogen and oxygen atoms in total. The molecule has 3 atom stereocenters. The fourth-order valence-electron chi connectivity index (χ4n) is 1.29. The van der Waals surface area contributed by atoms with Gasteiger partial charge in [0.25, 0.3) is 0 Å². The van der Waals surface area contributed by atoms with Crippen molar-refractivity contribution in [3.8, 4) is 0 Å². The maximum Gasteiger partial charge on any atom is 1.00 e. The minimum absolute atomic E-state index is 0. The molecule has 0 aromatic carbocycles. The van der Waals surface area contributed by atoms with Gasteiger partial charge in [0.2, 0.25) is 5.08 Å². The first-order chi connectivity index (χ1) is 7.48. The Morgan fingerprint density at radius 2 is 1.67 bits per heavy atom. The summed E-state index contributed by atoms with van der Waals surface area (Å²) in [6, 6.07) is -1.80. The third-order valence-electron chi connectivity index (χ3n) is 2.31. The molecule has 2 unspecified atom stereocenters. The molecule has 8 N–H and O–H groups in total. The van der Waals surface area contributed by atoms with Crippen LogP contribution >= 0.6 is 15.2 Å². The van der Waals surface area contributed by atoms with Crippen molar-refractivity contribution in [3.05, 3.63) is 0 Å². The smallest absolute Gasteiger partial charge is 0.776 e. The summed E-state index contributed by atoms with van der Waals surface area (Å²) in [5, 5.41) is 5.85. The maximum absolute atomic E-state index is 11.0. The topological polar surface area (TPSA) is 190 Å². The summed E-state index contributed by atoms with van der Waals surface area (Å²) in [5.41, 5.74) is 10.4. The second kappa shape index (κ2) is 7.83. The Balaban J connectivity index is 0. The standard InChI is InChI=1S/C6H18N2O7P2.Na/c7-4-2-1-3-5(8)6(9,16(10,11)12)17(13,14)15;/h5,9H,1-4,7-8H2,(H2,10,11,12)(H2,13,14,15);/q;+1/p-1/t5-;/m0./s1. The van der Waals surface area contributed by atoms with E-state index in [-0.39, 0.29) is 48.9 Å². The van der Waals surface area contributed by atoms with Crippen LogP contribution in [0.15, 0.2) is 0 Å². The Bertz CT molecular complexity index is 321. The van der Waals surface area contributed by atoms with Crippen LogP contribution in [0.4, 0.5) is 0 Å². The molecule has 0 aromatic heterocycles. The zero-order valence-electron chi connectivity index (χ0n) is 9.97. The second-order valence-electron chi connectivity index (χ2n) is 3.64. The molecule has 0 bridgehead atoms. The number of nitrogens with two attached hydrogens (primary N) is 2. The first-order valence-corrected chi connectivity index (χ1v) is 7.95. The van der Waals surface area contributed by atoms with Crippen molar-refractivity contribution in [2.45, 2.75) is 30.4 Å². The van der Waals surface area contributed by atoms with Crippen LogP contribution in [-0.4, -0.2) is 37.5 Å². The molecule has 12 heteroatoms. The van der Waals surface area contributed by atoms with Gasteiger partial charge >= 0.3 is 37.2 Å². The molecule has 0 aromatic rings. The summed E-state index contributed by atoms with van der Waals surface area (Å²) >= 11 is 0. The van der Waals surface area contributed by atoms with Crippen LogP contribution in [0, 0.1) is 0 Å². The Kier molecular flexibility index (Phi) is 9.34. The van der Waals surface area contributed by atoms with Gasteiger partial charge in [-0.15, -0.1) is 0 Å². The van der Waals surface area contributed by atoms with Crippen molar-refractivity contribution >= 4 is 15.2 Å². The maximum atomic E-state index is 11.0. The number of aliphatic hydroxyl groups is 1. The van der Waals surface area contributed by atoms with E-state index in [1.54, 1.807) is 0 Å². The van der Waals surface area contributed by atoms with Gasteiger partial charge < -0.3 is 40.7 Å². The van der Waals surface area contributed by atoms with Crippen LogP contribution in [0.25, 0.3) is 0 Å². The van der Waals surface area contributed by atoms with Gasteiger partial charge in [0.1, 0.15) is 0 Å². The molecule has 0 aliphatic rings. The normalized spacial score (nSPS) is 20.4. The van der Waals surface area contributed by atoms with Crippen LogP contribution in [0.5, 0.6) is 0 Å². The summed E-state index contributed by atoms with van der Waals surface area (Å²) in [4.78, 5) is 37.3. The summed E-state index contributed by atoms with van der Waals surface area (Å²) in [6.45, 7) is 0.287. The summed E-state index contributed by atoms with van der Waals surface area (Å²) in [5.74, 6) is 0. The van der Waals surface area contributed by atoms with Gasteiger partial charge in [-0.2, -0.15) is 0 Å². The van der Waals surface area contributed by atoms with E-state index < -0.39 is 26.3 Å². The number of hydrogen-bond donors (Lipinski definition) is 6. The number of unbranched alkanes of at least 4 members (excludes halogenated alkanes) is 1. The first-order valence-electron chi connectivity index (χ1n) is 4.76. The van der Waals surface area contributed by atoms with E-state index in [4.69, 9.17) is 26.1 Å². The zero-order chi connectivity index (χ0) is 13.9. The van der Waals surface area contributed by atoms with Crippen molar-refractivity contribution < 1.29 is 63.4 Å². The van der Waals surface area contributed by atoms with E-state index in [1.807, 2.05) is 0 Å². The Morgan fingerprint density at radius 3 is 1.94 bits per heavy atom. The fourth-order valence-corrected chi connectivity index (χ4v) is 3.72. The molecular formula is C6H17N2NaO7P2. The van der Waals surface area contributed by atoms with Crippen molar-refractivity contribution in [1.82, 2.24) is 0 Å². The van der Waals surface area contributed by atoms with Crippen LogP contribution < -0.4 is 45.9 Å². The van der Waals surface area contributed by atoms with Crippen LogP contribution in [0.1, 0.15) is 19.3 Å². The van der Waals surface area contributed by atoms with Gasteiger partial charge in [0, 0.05) is 0 Å². The van der Waals surface area contributed by atoms with Crippen LogP contribution in [-0.2, 0) is 9.13 Å². The van der Waals surface area contributed by atoms with Gasteiger partial charge in [0.05, 0.1) is 6.04 Å². The summed E-state index contributed by atoms with van der Waals surface area (Å²) in [7, 11) is -11.3. The predicted molar refractivity (Wildman–Crippen MR) is 57.7 cm³/mol. The number of rotatable bonds is 7. The van der Waals surface area contributed by atoms with E-state index in [0.717, 1.165) is 0 Å². The number of hydrogen-bond acceptors (Lipinski definition) is 6. The summed E-state index contributed by atoms with van der Waals surface area (Å²) < 4.78 is 21.9. The molecule has 0 rings (SSSR count). The zero-order valence-corrected chi connectivity index (χ0v) is 13.8. The monoisotopic (exact) mass is 314 g/mol. The average Bonchev–Trinajstić information content (AvgIpc) is 2.13. The quantitative estimate of drug-likeness (QED) is 0.151. The minimum Gasteiger partial charge on any atom is -0.776 e. The van der Waals surface area contributed by atoms with Crippen molar-refractivity contribution in [3.63, 3.8) is 0 Å². The first kappa shape index (κ1) is 21.5. The SMILES string of the molecule is NCCCC[C@H](N)C(O)(P(=O)([O-])O)P(=O)(O)O.[Na+]. The van der Waals surface area contributed by atoms with E-state index in [0.29, 0.717) is 6.42 Å². The average molecular weight is 314 g/mol. The largest absolute Gasteiger partial charge is 1.00 e. The summed E-state index contributed by atoms with van der Waals surface area (Å²) in [6.07, 6.45) is 0.505. The van der Waals surface area contributed by atoms with Crippen molar-refractivity contribution in [2.75, 3.05) is 6.54 Å². The van der Waals surface area contributed by atoms with Gasteiger partial charge in [-0.05, 0) is 19.4 Å². The van der Waals surface area contributed by atoms with Gasteiger partial charge in [-0.1, -0.05) is 6.42 Å². The van der Waals surface area contributed by atoms with E-state index in [9.17, 15) is 19.1 Å². The Morgan fingerprint density at radius 1 is 1.22 bits per heavy atom. The molecule has 0 aliphatic heterocycles. The van der Waals surface area contributed by atoms with E-state index in [1.165, 1.54) is 0 Å². The second-order valence-corrected chi connectivity index (χ2v) is 7.49. The Labute approximate surface area is 127 Å². The Hall–Kier alpha value is 1.18. The van der Waals surface area contributed by atoms with Crippen molar-refractivity contribution in [2.24, 2.45) is 11.5 Å². The molecular weight excluding hydrogens is 297 g/mol. The van der Waals surface area contributed by atoms with E-state index in [2.05, 4.69) is 0 Å². The molecule has 0 spiro atoms. The third-order valence-corrected chi connectivity index (χ3v) is 6.20.